The second kappa shape index (κ2) is 9.29. The number of hydrogen-bond acceptors (Lipinski definition) is 7. The zero-order valence-corrected chi connectivity index (χ0v) is 16.4. The van der Waals surface area contributed by atoms with Crippen LogP contribution in [0.4, 0.5) is 10.5 Å². The predicted octanol–water partition coefficient (Wildman–Crippen LogP) is -0.0168. The fourth-order valence-electron chi connectivity index (χ4n) is 3.11. The molecule has 0 radical (unpaired) electrons. The lowest BCUT2D eigenvalue weighted by molar-refractivity contribution is -0.125. The van der Waals surface area contributed by atoms with Crippen molar-refractivity contribution in [3.05, 3.63) is 18.2 Å². The highest BCUT2D eigenvalue weighted by atomic mass is 16.5. The molecule has 1 heterocycles. The number of aliphatic hydroxyl groups excluding tert-OH is 2. The van der Waals surface area contributed by atoms with Crippen molar-refractivity contribution in [2.45, 2.75) is 49.7 Å². The third-order valence-corrected chi connectivity index (χ3v) is 4.86. The first-order valence-corrected chi connectivity index (χ1v) is 9.48. The number of ether oxygens (including phenoxy) is 3. The lowest BCUT2D eigenvalue weighted by atomic mass is 10.1. The summed E-state index contributed by atoms with van der Waals surface area (Å²) in [6.07, 6.45) is -2.16. The molecule has 1 aromatic carbocycles. The van der Waals surface area contributed by atoms with E-state index in [1.807, 2.05) is 0 Å². The number of amides is 3. The van der Waals surface area contributed by atoms with Crippen molar-refractivity contribution in [1.82, 2.24) is 10.6 Å². The van der Waals surface area contributed by atoms with E-state index in [0.717, 1.165) is 12.8 Å². The Hall–Kier alpha value is -2.56. The number of benzene rings is 1. The largest absolute Gasteiger partial charge is 0.497 e. The van der Waals surface area contributed by atoms with E-state index in [1.165, 1.54) is 14.2 Å². The standard InChI is InChI=1S/C19H27N3O7/c1-27-12-5-11(6-13(7-12)28-2)22-19(26)20-9-15-18(25)17(24)14(29-15)8-16(23)21-10-3-4-10/h5-7,10,14-15,17-18,24-25H,3-4,8-9H2,1-2H3,(H,21,23)(H2,20,22,26). The zero-order valence-electron chi connectivity index (χ0n) is 16.4. The van der Waals surface area contributed by atoms with Gasteiger partial charge < -0.3 is 40.4 Å². The number of nitrogens with one attached hydrogen (secondary N) is 3. The maximum absolute atomic E-state index is 12.2. The molecule has 1 aromatic rings. The lowest BCUT2D eigenvalue weighted by Crippen LogP contribution is -2.41. The highest BCUT2D eigenvalue weighted by Gasteiger charge is 2.43. The van der Waals surface area contributed by atoms with Crippen molar-refractivity contribution in [2.24, 2.45) is 0 Å². The van der Waals surface area contributed by atoms with Gasteiger partial charge in [-0.25, -0.2) is 4.79 Å². The fraction of sp³-hybridized carbons (Fsp3) is 0.579. The summed E-state index contributed by atoms with van der Waals surface area (Å²) >= 11 is 0. The second-order valence-electron chi connectivity index (χ2n) is 7.18. The van der Waals surface area contributed by atoms with Crippen molar-refractivity contribution in [3.63, 3.8) is 0 Å². The number of urea groups is 1. The molecule has 29 heavy (non-hydrogen) atoms. The number of hydrogen-bond donors (Lipinski definition) is 5. The van der Waals surface area contributed by atoms with Gasteiger partial charge in [-0.3, -0.25) is 4.79 Å². The average Bonchev–Trinajstić information content (AvgIpc) is 3.47. The highest BCUT2D eigenvalue weighted by molar-refractivity contribution is 5.89. The Kier molecular flexibility index (Phi) is 6.78. The zero-order chi connectivity index (χ0) is 21.0. The van der Waals surface area contributed by atoms with E-state index in [2.05, 4.69) is 16.0 Å². The van der Waals surface area contributed by atoms with Crippen LogP contribution in [-0.4, -0.2) is 73.4 Å². The van der Waals surface area contributed by atoms with E-state index in [1.54, 1.807) is 18.2 Å². The van der Waals surface area contributed by atoms with Gasteiger partial charge in [-0.05, 0) is 12.8 Å². The van der Waals surface area contributed by atoms with Gasteiger partial charge >= 0.3 is 6.03 Å². The molecule has 4 unspecified atom stereocenters. The van der Waals surface area contributed by atoms with Gasteiger partial charge in [-0.1, -0.05) is 0 Å². The van der Waals surface area contributed by atoms with Crippen molar-refractivity contribution in [2.75, 3.05) is 26.1 Å². The molecule has 160 valence electrons. The molecule has 0 aromatic heterocycles. The van der Waals surface area contributed by atoms with Gasteiger partial charge in [-0.15, -0.1) is 0 Å². The van der Waals surface area contributed by atoms with Crippen LogP contribution in [0.3, 0.4) is 0 Å². The van der Waals surface area contributed by atoms with Crippen LogP contribution in [0.2, 0.25) is 0 Å². The minimum atomic E-state index is -1.20. The van der Waals surface area contributed by atoms with Gasteiger partial charge in [0.15, 0.2) is 0 Å². The maximum Gasteiger partial charge on any atom is 0.319 e. The van der Waals surface area contributed by atoms with Gasteiger partial charge in [0, 0.05) is 36.5 Å². The summed E-state index contributed by atoms with van der Waals surface area (Å²) in [5.74, 6) is 0.816. The van der Waals surface area contributed by atoms with Gasteiger partial charge in [0.25, 0.3) is 0 Å². The molecule has 5 N–H and O–H groups in total. The summed E-state index contributed by atoms with van der Waals surface area (Å²) in [5, 5.41) is 28.3. The number of anilines is 1. The Labute approximate surface area is 168 Å². The molecule has 3 amide bonds. The van der Waals surface area contributed by atoms with E-state index >= 15 is 0 Å². The van der Waals surface area contributed by atoms with E-state index in [0.29, 0.717) is 17.2 Å². The first-order chi connectivity index (χ1) is 13.9. The molecule has 4 atom stereocenters. The van der Waals surface area contributed by atoms with E-state index in [9.17, 15) is 19.8 Å². The molecule has 1 aliphatic carbocycles. The maximum atomic E-state index is 12.2. The van der Waals surface area contributed by atoms with Crippen molar-refractivity contribution >= 4 is 17.6 Å². The van der Waals surface area contributed by atoms with Crippen LogP contribution in [0.5, 0.6) is 11.5 Å². The van der Waals surface area contributed by atoms with Crippen molar-refractivity contribution in [1.29, 1.82) is 0 Å². The number of rotatable bonds is 8. The molecule has 10 heteroatoms. The molecular weight excluding hydrogens is 382 g/mol. The summed E-state index contributed by atoms with van der Waals surface area (Å²) in [6.45, 7) is -0.0358. The molecule has 0 bridgehead atoms. The van der Waals surface area contributed by atoms with Gasteiger partial charge in [-0.2, -0.15) is 0 Å². The molecule has 2 aliphatic rings. The smallest absolute Gasteiger partial charge is 0.319 e. The van der Waals surface area contributed by atoms with Gasteiger partial charge in [0.05, 0.1) is 26.7 Å². The molecule has 1 aliphatic heterocycles. The number of methoxy groups -OCH3 is 2. The van der Waals surface area contributed by atoms with E-state index in [-0.39, 0.29) is 24.9 Å². The molecule has 10 nitrogen and oxygen atoms in total. The number of carbonyl (C=O) groups excluding carboxylic acids is 2. The van der Waals surface area contributed by atoms with Crippen molar-refractivity contribution in [3.8, 4) is 11.5 Å². The van der Waals surface area contributed by atoms with E-state index in [4.69, 9.17) is 14.2 Å². The summed E-state index contributed by atoms with van der Waals surface area (Å²) in [6, 6.07) is 4.61. The second-order valence-corrected chi connectivity index (χ2v) is 7.18. The van der Waals surface area contributed by atoms with Crippen LogP contribution >= 0.6 is 0 Å². The summed E-state index contributed by atoms with van der Waals surface area (Å²) in [4.78, 5) is 24.1. The molecule has 1 saturated heterocycles. The third-order valence-electron chi connectivity index (χ3n) is 4.86. The monoisotopic (exact) mass is 409 g/mol. The summed E-state index contributed by atoms with van der Waals surface area (Å²) in [7, 11) is 3.01. The molecular formula is C19H27N3O7. The molecule has 1 saturated carbocycles. The Morgan fingerprint density at radius 1 is 1.07 bits per heavy atom. The third kappa shape index (κ3) is 5.72. The highest BCUT2D eigenvalue weighted by Crippen LogP contribution is 2.26. The van der Waals surface area contributed by atoms with Gasteiger partial charge in [0.1, 0.15) is 29.8 Å². The Balaban J connectivity index is 1.48. The quantitative estimate of drug-likeness (QED) is 0.407. The van der Waals surface area contributed by atoms with E-state index < -0.39 is 30.4 Å². The Morgan fingerprint density at radius 3 is 2.28 bits per heavy atom. The Bertz CT molecular complexity index is 718. The predicted molar refractivity (Wildman–Crippen MR) is 103 cm³/mol. The SMILES string of the molecule is COc1cc(NC(=O)NCC2OC(CC(=O)NC3CC3)C(O)C2O)cc(OC)c1. The normalized spacial score (nSPS) is 25.9. The average molecular weight is 409 g/mol. The summed E-state index contributed by atoms with van der Waals surface area (Å²) in [5.41, 5.74) is 0.459. The van der Waals surface area contributed by atoms with Gasteiger partial charge in [0.2, 0.25) is 5.91 Å². The number of aliphatic hydroxyl groups is 2. The lowest BCUT2D eigenvalue weighted by Gasteiger charge is -2.16. The summed E-state index contributed by atoms with van der Waals surface area (Å²) < 4.78 is 15.9. The van der Waals surface area contributed by atoms with Crippen LogP contribution in [-0.2, 0) is 9.53 Å². The van der Waals surface area contributed by atoms with Crippen molar-refractivity contribution < 1.29 is 34.0 Å². The molecule has 2 fully saturated rings. The fourth-order valence-corrected chi connectivity index (χ4v) is 3.11. The van der Waals surface area contributed by atoms with Crippen LogP contribution in [0.15, 0.2) is 18.2 Å². The number of carbonyl (C=O) groups is 2. The Morgan fingerprint density at radius 2 is 1.69 bits per heavy atom. The van der Waals surface area contributed by atoms with Crippen LogP contribution in [0, 0.1) is 0 Å². The van der Waals surface area contributed by atoms with Crippen LogP contribution in [0.25, 0.3) is 0 Å². The van der Waals surface area contributed by atoms with Crippen LogP contribution < -0.4 is 25.4 Å². The minimum Gasteiger partial charge on any atom is -0.497 e. The topological polar surface area (TPSA) is 138 Å². The first kappa shape index (κ1) is 21.2. The first-order valence-electron chi connectivity index (χ1n) is 9.48. The molecule has 3 rings (SSSR count). The minimum absolute atomic E-state index is 0.0358. The molecule has 0 spiro atoms. The van der Waals surface area contributed by atoms with Crippen LogP contribution in [0.1, 0.15) is 19.3 Å².